The number of nitrogens with two attached hydrogens (primary N) is 1. The Balaban J connectivity index is 1.69. The average molecular weight is 359 g/mol. The number of carbonyl (C=O) groups is 2. The standard InChI is InChI=1S/C17H17N3O4S/c18-16(19)13-5-6-14(25-13)17(23)20-10-2-4-12-9(7-10)1-3-11(24-12)8-15(21)22/h2,4-7,11H,1,3,8H2,(H3,18,19)(H,20,23)(H,21,22). The van der Waals surface area contributed by atoms with Gasteiger partial charge in [0, 0.05) is 5.69 Å². The van der Waals surface area contributed by atoms with Crippen molar-refractivity contribution in [3.8, 4) is 5.75 Å². The zero-order valence-electron chi connectivity index (χ0n) is 13.2. The van der Waals surface area contributed by atoms with Gasteiger partial charge in [-0.15, -0.1) is 11.3 Å². The second-order valence-corrected chi connectivity index (χ2v) is 6.81. The number of nitrogen functional groups attached to an aromatic ring is 1. The van der Waals surface area contributed by atoms with E-state index in [9.17, 15) is 9.59 Å². The number of aliphatic carboxylic acids is 1. The number of anilines is 1. The van der Waals surface area contributed by atoms with Crippen molar-refractivity contribution in [2.24, 2.45) is 5.73 Å². The number of amidine groups is 1. The molecular weight excluding hydrogens is 342 g/mol. The lowest BCUT2D eigenvalue weighted by atomic mass is 10.00. The van der Waals surface area contributed by atoms with E-state index in [0.29, 0.717) is 34.0 Å². The molecule has 25 heavy (non-hydrogen) atoms. The molecule has 0 saturated heterocycles. The SMILES string of the molecule is N=C(N)c1ccc(C(=O)Nc2ccc3c(c2)CCC(CC(=O)O)O3)s1. The van der Waals surface area contributed by atoms with Gasteiger partial charge in [-0.25, -0.2) is 0 Å². The number of hydrogen-bond acceptors (Lipinski definition) is 5. The summed E-state index contributed by atoms with van der Waals surface area (Å²) in [5.74, 6) is -0.549. The van der Waals surface area contributed by atoms with Crippen LogP contribution >= 0.6 is 11.3 Å². The fourth-order valence-corrected chi connectivity index (χ4v) is 3.42. The summed E-state index contributed by atoms with van der Waals surface area (Å²) in [4.78, 5) is 24.1. The number of carboxylic acid groups (broad SMARTS) is 1. The third-order valence-corrected chi connectivity index (χ3v) is 4.96. The molecule has 0 spiro atoms. The Hall–Kier alpha value is -2.87. The highest BCUT2D eigenvalue weighted by Gasteiger charge is 2.22. The first-order valence-corrected chi connectivity index (χ1v) is 8.51. The van der Waals surface area contributed by atoms with Gasteiger partial charge in [0.1, 0.15) is 17.7 Å². The zero-order valence-corrected chi connectivity index (χ0v) is 14.1. The lowest BCUT2D eigenvalue weighted by Gasteiger charge is -2.25. The van der Waals surface area contributed by atoms with Crippen LogP contribution in [0.15, 0.2) is 30.3 Å². The van der Waals surface area contributed by atoms with E-state index in [2.05, 4.69) is 5.32 Å². The number of amides is 1. The smallest absolute Gasteiger partial charge is 0.307 e. The highest BCUT2D eigenvalue weighted by molar-refractivity contribution is 7.16. The van der Waals surface area contributed by atoms with Gasteiger partial charge in [0.2, 0.25) is 0 Å². The van der Waals surface area contributed by atoms with Gasteiger partial charge in [-0.2, -0.15) is 0 Å². The number of rotatable bonds is 5. The molecule has 1 unspecified atom stereocenters. The fraction of sp³-hybridized carbons (Fsp3) is 0.235. The van der Waals surface area contributed by atoms with Crippen LogP contribution in [-0.2, 0) is 11.2 Å². The van der Waals surface area contributed by atoms with Crippen LogP contribution in [0.1, 0.15) is 33.0 Å². The van der Waals surface area contributed by atoms with Gasteiger partial charge in [-0.1, -0.05) is 0 Å². The number of fused-ring (bicyclic) bond motifs is 1. The Morgan fingerprint density at radius 3 is 2.76 bits per heavy atom. The number of nitrogens with one attached hydrogen (secondary N) is 2. The number of carboxylic acids is 1. The molecule has 1 aliphatic heterocycles. The maximum absolute atomic E-state index is 12.3. The van der Waals surface area contributed by atoms with Gasteiger partial charge in [-0.3, -0.25) is 15.0 Å². The molecule has 2 aromatic rings. The highest BCUT2D eigenvalue weighted by atomic mass is 32.1. The van der Waals surface area contributed by atoms with E-state index in [1.54, 1.807) is 24.3 Å². The van der Waals surface area contributed by atoms with E-state index in [1.165, 1.54) is 0 Å². The quantitative estimate of drug-likeness (QED) is 0.482. The van der Waals surface area contributed by atoms with Crippen LogP contribution in [0.25, 0.3) is 0 Å². The van der Waals surface area contributed by atoms with E-state index in [-0.39, 0.29) is 24.3 Å². The molecule has 0 saturated carbocycles. The Morgan fingerprint density at radius 2 is 2.08 bits per heavy atom. The van der Waals surface area contributed by atoms with Crippen molar-refractivity contribution in [2.45, 2.75) is 25.4 Å². The average Bonchev–Trinajstić information content (AvgIpc) is 3.05. The second-order valence-electron chi connectivity index (χ2n) is 5.73. The molecule has 1 aliphatic rings. The molecular formula is C17H17N3O4S. The third kappa shape index (κ3) is 3.97. The van der Waals surface area contributed by atoms with Crippen LogP contribution in [0.2, 0.25) is 0 Å². The van der Waals surface area contributed by atoms with Gasteiger partial charge in [0.05, 0.1) is 16.2 Å². The van der Waals surface area contributed by atoms with Crippen molar-refractivity contribution in [1.82, 2.24) is 0 Å². The molecule has 0 fully saturated rings. The van der Waals surface area contributed by atoms with Crippen molar-refractivity contribution < 1.29 is 19.4 Å². The van der Waals surface area contributed by atoms with Crippen LogP contribution < -0.4 is 15.8 Å². The first kappa shape index (κ1) is 17.0. The van der Waals surface area contributed by atoms with Gasteiger partial charge in [0.25, 0.3) is 5.91 Å². The molecule has 1 amide bonds. The normalized spacial score (nSPS) is 15.8. The number of thiophene rings is 1. The van der Waals surface area contributed by atoms with E-state index >= 15 is 0 Å². The topological polar surface area (TPSA) is 126 Å². The molecule has 5 N–H and O–H groups in total. The monoisotopic (exact) mass is 359 g/mol. The Labute approximate surface area is 147 Å². The molecule has 1 atom stereocenters. The Bertz CT molecular complexity index is 846. The van der Waals surface area contributed by atoms with Crippen molar-refractivity contribution in [1.29, 1.82) is 5.41 Å². The minimum Gasteiger partial charge on any atom is -0.490 e. The van der Waals surface area contributed by atoms with Gasteiger partial charge in [-0.05, 0) is 48.7 Å². The van der Waals surface area contributed by atoms with Crippen LogP contribution in [0.3, 0.4) is 0 Å². The van der Waals surface area contributed by atoms with Gasteiger partial charge in [0.15, 0.2) is 0 Å². The molecule has 1 aromatic carbocycles. The first-order valence-electron chi connectivity index (χ1n) is 7.69. The lowest BCUT2D eigenvalue weighted by Crippen LogP contribution is -2.25. The van der Waals surface area contributed by atoms with Crippen LogP contribution in [0, 0.1) is 5.41 Å². The molecule has 2 heterocycles. The molecule has 0 bridgehead atoms. The van der Waals surface area contributed by atoms with E-state index in [4.69, 9.17) is 21.0 Å². The van der Waals surface area contributed by atoms with Crippen LogP contribution in [0.5, 0.6) is 5.75 Å². The summed E-state index contributed by atoms with van der Waals surface area (Å²) >= 11 is 1.16. The molecule has 0 aliphatic carbocycles. The predicted octanol–water partition coefficient (Wildman–Crippen LogP) is 2.45. The number of benzene rings is 1. The van der Waals surface area contributed by atoms with Crippen LogP contribution in [-0.4, -0.2) is 28.9 Å². The van der Waals surface area contributed by atoms with E-state index in [0.717, 1.165) is 16.9 Å². The Morgan fingerprint density at radius 1 is 1.32 bits per heavy atom. The molecule has 8 heteroatoms. The predicted molar refractivity (Wildman–Crippen MR) is 94.7 cm³/mol. The fourth-order valence-electron chi connectivity index (χ4n) is 2.66. The molecule has 130 valence electrons. The number of ether oxygens (including phenoxy) is 1. The Kier molecular flexibility index (Phi) is 4.71. The number of hydrogen-bond donors (Lipinski definition) is 4. The summed E-state index contributed by atoms with van der Waals surface area (Å²) < 4.78 is 5.69. The highest BCUT2D eigenvalue weighted by Crippen LogP contribution is 2.31. The number of carbonyl (C=O) groups excluding carboxylic acids is 1. The zero-order chi connectivity index (χ0) is 18.0. The van der Waals surface area contributed by atoms with Crippen molar-refractivity contribution in [3.63, 3.8) is 0 Å². The van der Waals surface area contributed by atoms with E-state index in [1.807, 2.05) is 6.07 Å². The summed E-state index contributed by atoms with van der Waals surface area (Å²) in [5.41, 5.74) is 6.99. The van der Waals surface area contributed by atoms with Crippen LogP contribution in [0.4, 0.5) is 5.69 Å². The summed E-state index contributed by atoms with van der Waals surface area (Å²) in [7, 11) is 0. The first-order chi connectivity index (χ1) is 11.9. The summed E-state index contributed by atoms with van der Waals surface area (Å²) in [6.45, 7) is 0. The van der Waals surface area contributed by atoms with Crippen molar-refractivity contribution in [2.75, 3.05) is 5.32 Å². The maximum Gasteiger partial charge on any atom is 0.307 e. The number of aryl methyl sites for hydroxylation is 1. The van der Waals surface area contributed by atoms with Crippen molar-refractivity contribution >= 4 is 34.7 Å². The largest absolute Gasteiger partial charge is 0.490 e. The summed E-state index contributed by atoms with van der Waals surface area (Å²) in [6, 6.07) is 8.58. The van der Waals surface area contributed by atoms with E-state index < -0.39 is 5.97 Å². The summed E-state index contributed by atoms with van der Waals surface area (Å²) in [5, 5.41) is 19.0. The lowest BCUT2D eigenvalue weighted by molar-refractivity contribution is -0.139. The van der Waals surface area contributed by atoms with Gasteiger partial charge >= 0.3 is 5.97 Å². The molecule has 1 aromatic heterocycles. The minimum atomic E-state index is -0.877. The third-order valence-electron chi connectivity index (χ3n) is 3.85. The molecule has 0 radical (unpaired) electrons. The van der Waals surface area contributed by atoms with Gasteiger partial charge < -0.3 is 20.9 Å². The summed E-state index contributed by atoms with van der Waals surface area (Å²) in [6.07, 6.45) is 0.990. The van der Waals surface area contributed by atoms with Crippen molar-refractivity contribution in [3.05, 3.63) is 45.6 Å². The molecule has 3 rings (SSSR count). The maximum atomic E-state index is 12.3. The molecule has 7 nitrogen and oxygen atoms in total. The minimum absolute atomic E-state index is 0.0191. The second kappa shape index (κ2) is 6.94.